The van der Waals surface area contributed by atoms with Crippen molar-refractivity contribution >= 4 is 45.8 Å². The van der Waals surface area contributed by atoms with Crippen molar-refractivity contribution in [2.24, 2.45) is 0 Å². The molecule has 2 saturated heterocycles. The Kier molecular flexibility index (Phi) is 7.01. The number of nitrogens with zero attached hydrogens (tertiary/aromatic N) is 1. The first-order valence-corrected chi connectivity index (χ1v) is 8.90. The molecule has 7 heteroatoms. The second-order valence-electron chi connectivity index (χ2n) is 5.94. The summed E-state index contributed by atoms with van der Waals surface area (Å²) in [7, 11) is 0. The van der Waals surface area contributed by atoms with Crippen LogP contribution in [0.3, 0.4) is 0 Å². The minimum atomic E-state index is 0. The third-order valence-corrected chi connectivity index (χ3v) is 5.20. The Labute approximate surface area is 156 Å². The quantitative estimate of drug-likeness (QED) is 0.803. The van der Waals surface area contributed by atoms with Gasteiger partial charge in [0, 0.05) is 30.2 Å². The molecule has 0 spiro atoms. The number of likely N-dealkylation sites (tertiary alicyclic amines) is 1. The van der Waals surface area contributed by atoms with E-state index in [1.54, 1.807) is 12.1 Å². The maximum Gasteiger partial charge on any atom is 0.226 e. The van der Waals surface area contributed by atoms with E-state index < -0.39 is 0 Å². The molecular weight excluding hydrogens is 403 g/mol. The lowest BCUT2D eigenvalue weighted by molar-refractivity contribution is -0.131. The summed E-state index contributed by atoms with van der Waals surface area (Å²) in [6.45, 7) is 2.08. The van der Waals surface area contributed by atoms with E-state index in [9.17, 15) is 4.79 Å². The lowest BCUT2D eigenvalue weighted by Crippen LogP contribution is -2.39. The van der Waals surface area contributed by atoms with Crippen LogP contribution in [0.4, 0.5) is 0 Å². The van der Waals surface area contributed by atoms with E-state index in [4.69, 9.17) is 16.3 Å². The summed E-state index contributed by atoms with van der Waals surface area (Å²) in [5.74, 6) is 0.897. The lowest BCUT2D eigenvalue weighted by atomic mass is 10.1. The Balaban J connectivity index is 0.00000192. The van der Waals surface area contributed by atoms with Crippen molar-refractivity contribution in [1.82, 2.24) is 10.2 Å². The highest BCUT2D eigenvalue weighted by Crippen LogP contribution is 2.28. The SMILES string of the molecule is Cl.O=C(CCOc1ccc(Cl)cc1Br)N1CCC2CCC(C1)N2. The van der Waals surface area contributed by atoms with Crippen LogP contribution in [0, 0.1) is 0 Å². The zero-order valence-corrected chi connectivity index (χ0v) is 15.9. The smallest absolute Gasteiger partial charge is 0.226 e. The molecule has 4 nitrogen and oxygen atoms in total. The molecule has 1 N–H and O–H groups in total. The number of nitrogens with one attached hydrogen (secondary N) is 1. The van der Waals surface area contributed by atoms with Crippen molar-refractivity contribution < 1.29 is 9.53 Å². The molecule has 0 saturated carbocycles. The molecular formula is C16H21BrCl2N2O2. The van der Waals surface area contributed by atoms with Gasteiger partial charge in [0.2, 0.25) is 5.91 Å². The largest absolute Gasteiger partial charge is 0.492 e. The zero-order valence-electron chi connectivity index (χ0n) is 12.8. The van der Waals surface area contributed by atoms with Gasteiger partial charge in [-0.25, -0.2) is 0 Å². The van der Waals surface area contributed by atoms with Crippen LogP contribution in [0.25, 0.3) is 0 Å². The summed E-state index contributed by atoms with van der Waals surface area (Å²) in [5, 5.41) is 4.24. The van der Waals surface area contributed by atoms with Crippen molar-refractivity contribution in [3.05, 3.63) is 27.7 Å². The molecule has 2 unspecified atom stereocenters. The van der Waals surface area contributed by atoms with Crippen molar-refractivity contribution in [2.45, 2.75) is 37.8 Å². The van der Waals surface area contributed by atoms with Gasteiger partial charge in [0.1, 0.15) is 5.75 Å². The Hall–Kier alpha value is -0.490. The Morgan fingerprint density at radius 3 is 2.91 bits per heavy atom. The third-order valence-electron chi connectivity index (χ3n) is 4.34. The van der Waals surface area contributed by atoms with Crippen LogP contribution in [-0.4, -0.2) is 42.6 Å². The highest BCUT2D eigenvalue weighted by Gasteiger charge is 2.30. The fraction of sp³-hybridized carbons (Fsp3) is 0.562. The van der Waals surface area contributed by atoms with E-state index in [2.05, 4.69) is 21.2 Å². The summed E-state index contributed by atoms with van der Waals surface area (Å²) < 4.78 is 6.49. The van der Waals surface area contributed by atoms with Gasteiger partial charge < -0.3 is 15.0 Å². The van der Waals surface area contributed by atoms with E-state index in [-0.39, 0.29) is 18.3 Å². The Morgan fingerprint density at radius 2 is 2.13 bits per heavy atom. The predicted molar refractivity (Wildman–Crippen MR) is 97.7 cm³/mol. The Morgan fingerprint density at radius 1 is 1.35 bits per heavy atom. The van der Waals surface area contributed by atoms with E-state index in [0.29, 0.717) is 35.9 Å². The van der Waals surface area contributed by atoms with E-state index in [1.165, 1.54) is 12.8 Å². The molecule has 2 atom stereocenters. The molecule has 0 aliphatic carbocycles. The van der Waals surface area contributed by atoms with E-state index in [1.807, 2.05) is 11.0 Å². The monoisotopic (exact) mass is 422 g/mol. The van der Waals surface area contributed by atoms with Crippen LogP contribution in [0.2, 0.25) is 5.02 Å². The number of benzene rings is 1. The standard InChI is InChI=1S/C16H20BrClN2O2.ClH/c17-14-9-11(18)1-4-15(14)22-8-6-16(21)20-7-5-12-2-3-13(10-20)19-12;/h1,4,9,12-13,19H,2-3,5-8,10H2;1H. The zero-order chi connectivity index (χ0) is 15.5. The van der Waals surface area contributed by atoms with Gasteiger partial charge in [-0.3, -0.25) is 4.79 Å². The topological polar surface area (TPSA) is 41.6 Å². The normalized spacial score (nSPS) is 23.1. The number of fused-ring (bicyclic) bond motifs is 2. The number of hydrogen-bond acceptors (Lipinski definition) is 3. The van der Waals surface area contributed by atoms with Crippen LogP contribution in [0.15, 0.2) is 22.7 Å². The highest BCUT2D eigenvalue weighted by atomic mass is 79.9. The van der Waals surface area contributed by atoms with Gasteiger partial charge in [-0.2, -0.15) is 0 Å². The first-order valence-electron chi connectivity index (χ1n) is 7.73. The number of rotatable bonds is 4. The summed E-state index contributed by atoms with van der Waals surface area (Å²) >= 11 is 9.31. The number of carbonyl (C=O) groups is 1. The van der Waals surface area contributed by atoms with Gasteiger partial charge in [0.15, 0.2) is 0 Å². The molecule has 2 fully saturated rings. The van der Waals surface area contributed by atoms with E-state index in [0.717, 1.165) is 24.0 Å². The number of amides is 1. The summed E-state index contributed by atoms with van der Waals surface area (Å²) in [6, 6.07) is 6.45. The average molecular weight is 424 g/mol. The fourth-order valence-electron chi connectivity index (χ4n) is 3.17. The van der Waals surface area contributed by atoms with E-state index >= 15 is 0 Å². The van der Waals surface area contributed by atoms with Gasteiger partial charge in [-0.05, 0) is 53.4 Å². The minimum absolute atomic E-state index is 0. The van der Waals surface area contributed by atoms with Crippen molar-refractivity contribution in [3.8, 4) is 5.75 Å². The molecule has 0 radical (unpaired) electrons. The second kappa shape index (κ2) is 8.56. The average Bonchev–Trinajstić information content (AvgIpc) is 2.80. The maximum atomic E-state index is 12.3. The molecule has 23 heavy (non-hydrogen) atoms. The molecule has 1 aromatic carbocycles. The summed E-state index contributed by atoms with van der Waals surface area (Å²) in [5.41, 5.74) is 0. The first-order chi connectivity index (χ1) is 10.6. The van der Waals surface area contributed by atoms with Gasteiger partial charge >= 0.3 is 0 Å². The minimum Gasteiger partial charge on any atom is -0.492 e. The fourth-order valence-corrected chi connectivity index (χ4v) is 3.97. The van der Waals surface area contributed by atoms with Crippen LogP contribution in [0.5, 0.6) is 5.75 Å². The van der Waals surface area contributed by atoms with Crippen LogP contribution in [0.1, 0.15) is 25.7 Å². The van der Waals surface area contributed by atoms with Crippen LogP contribution in [-0.2, 0) is 4.79 Å². The van der Waals surface area contributed by atoms with Crippen molar-refractivity contribution in [3.63, 3.8) is 0 Å². The van der Waals surface area contributed by atoms with Crippen molar-refractivity contribution in [1.29, 1.82) is 0 Å². The van der Waals surface area contributed by atoms with Crippen LogP contribution >= 0.6 is 39.9 Å². The summed E-state index contributed by atoms with van der Waals surface area (Å²) in [4.78, 5) is 14.3. The van der Waals surface area contributed by atoms with Crippen LogP contribution < -0.4 is 10.1 Å². The molecule has 1 aromatic rings. The number of carbonyl (C=O) groups excluding carboxylic acids is 1. The van der Waals surface area contributed by atoms with Gasteiger partial charge in [-0.15, -0.1) is 12.4 Å². The Bertz CT molecular complexity index is 559. The predicted octanol–water partition coefficient (Wildman–Crippen LogP) is 3.65. The lowest BCUT2D eigenvalue weighted by Gasteiger charge is -2.24. The number of halogens is 3. The molecule has 3 rings (SSSR count). The van der Waals surface area contributed by atoms with Gasteiger partial charge in [0.05, 0.1) is 17.5 Å². The van der Waals surface area contributed by atoms with Gasteiger partial charge in [0.25, 0.3) is 0 Å². The second-order valence-corrected chi connectivity index (χ2v) is 7.23. The molecule has 2 aliphatic heterocycles. The number of hydrogen-bond donors (Lipinski definition) is 1. The van der Waals surface area contributed by atoms with Gasteiger partial charge in [-0.1, -0.05) is 11.6 Å². The summed E-state index contributed by atoms with van der Waals surface area (Å²) in [6.07, 6.45) is 3.90. The molecule has 2 heterocycles. The number of ether oxygens (including phenoxy) is 1. The third kappa shape index (κ3) is 4.99. The molecule has 2 aliphatic rings. The molecule has 0 aromatic heterocycles. The molecule has 128 valence electrons. The first kappa shape index (κ1) is 18.8. The maximum absolute atomic E-state index is 12.3. The molecule has 1 amide bonds. The molecule has 2 bridgehead atoms. The van der Waals surface area contributed by atoms with Crippen molar-refractivity contribution in [2.75, 3.05) is 19.7 Å². The highest BCUT2D eigenvalue weighted by molar-refractivity contribution is 9.10.